The normalized spacial score (nSPS) is 27.4. The van der Waals surface area contributed by atoms with E-state index in [4.69, 9.17) is 23.2 Å². The molecule has 0 amide bonds. The zero-order valence-electron chi connectivity index (χ0n) is 10.9. The van der Waals surface area contributed by atoms with Crippen LogP contribution >= 0.6 is 23.2 Å². The second kappa shape index (κ2) is 5.24. The summed E-state index contributed by atoms with van der Waals surface area (Å²) in [6, 6.07) is 5.33. The maximum Gasteiger partial charge on any atom is 0.152 e. The topological polar surface area (TPSA) is 46.2 Å². The van der Waals surface area contributed by atoms with Crippen LogP contribution in [0.1, 0.15) is 31.9 Å². The van der Waals surface area contributed by atoms with Crippen molar-refractivity contribution >= 4 is 33.0 Å². The molecule has 1 N–H and O–H groups in total. The maximum atomic E-state index is 11.6. The Morgan fingerprint density at radius 3 is 2.58 bits per heavy atom. The van der Waals surface area contributed by atoms with Gasteiger partial charge < -0.3 is 5.32 Å². The number of rotatable bonds is 3. The maximum absolute atomic E-state index is 11.6. The highest BCUT2D eigenvalue weighted by molar-refractivity contribution is 7.91. The number of hydrogen-bond acceptors (Lipinski definition) is 3. The quantitative estimate of drug-likeness (QED) is 0.929. The first kappa shape index (κ1) is 15.1. The van der Waals surface area contributed by atoms with Crippen LogP contribution in [0.25, 0.3) is 0 Å². The molecule has 3 nitrogen and oxygen atoms in total. The second-order valence-electron chi connectivity index (χ2n) is 5.43. The van der Waals surface area contributed by atoms with Gasteiger partial charge in [0, 0.05) is 21.6 Å². The molecule has 19 heavy (non-hydrogen) atoms. The lowest BCUT2D eigenvalue weighted by atomic mass is 9.98. The van der Waals surface area contributed by atoms with Crippen molar-refractivity contribution in [2.24, 2.45) is 0 Å². The summed E-state index contributed by atoms with van der Waals surface area (Å²) in [4.78, 5) is 0. The molecule has 1 aliphatic heterocycles. The minimum Gasteiger partial charge on any atom is -0.304 e. The van der Waals surface area contributed by atoms with Crippen molar-refractivity contribution in [3.8, 4) is 0 Å². The van der Waals surface area contributed by atoms with Crippen LogP contribution in [0.5, 0.6) is 0 Å². The Morgan fingerprint density at radius 2 is 2.05 bits per heavy atom. The van der Waals surface area contributed by atoms with Crippen molar-refractivity contribution in [2.45, 2.75) is 31.8 Å². The molecule has 2 atom stereocenters. The van der Waals surface area contributed by atoms with Gasteiger partial charge in [-0.25, -0.2) is 8.42 Å². The Hall–Kier alpha value is -0.290. The van der Waals surface area contributed by atoms with Gasteiger partial charge in [0.1, 0.15) is 0 Å². The highest BCUT2D eigenvalue weighted by atomic mass is 35.5. The molecule has 106 valence electrons. The third-order valence-corrected chi connectivity index (χ3v) is 5.96. The monoisotopic (exact) mass is 321 g/mol. The summed E-state index contributed by atoms with van der Waals surface area (Å²) < 4.78 is 23.2. The molecule has 6 heteroatoms. The van der Waals surface area contributed by atoms with Gasteiger partial charge in [0.15, 0.2) is 9.84 Å². The highest BCUT2D eigenvalue weighted by Gasteiger charge is 2.39. The molecule has 1 aliphatic rings. The largest absolute Gasteiger partial charge is 0.304 e. The van der Waals surface area contributed by atoms with Crippen LogP contribution in [0.2, 0.25) is 10.0 Å². The van der Waals surface area contributed by atoms with Crippen molar-refractivity contribution in [1.82, 2.24) is 5.32 Å². The minimum absolute atomic E-state index is 0.0249. The summed E-state index contributed by atoms with van der Waals surface area (Å²) in [7, 11) is -2.92. The Morgan fingerprint density at radius 1 is 1.37 bits per heavy atom. The molecule has 1 aromatic carbocycles. The molecule has 0 radical (unpaired) electrons. The van der Waals surface area contributed by atoms with Gasteiger partial charge in [0.2, 0.25) is 0 Å². The Balaban J connectivity index is 2.15. The number of hydrogen-bond donors (Lipinski definition) is 1. The zero-order valence-corrected chi connectivity index (χ0v) is 13.2. The number of benzene rings is 1. The van der Waals surface area contributed by atoms with Crippen LogP contribution in [0, 0.1) is 0 Å². The van der Waals surface area contributed by atoms with Gasteiger partial charge in [-0.1, -0.05) is 29.3 Å². The summed E-state index contributed by atoms with van der Waals surface area (Å²) in [5, 5.41) is 4.57. The molecule has 0 aromatic heterocycles. The fraction of sp³-hybridized carbons (Fsp3) is 0.538. The molecule has 2 unspecified atom stereocenters. The van der Waals surface area contributed by atoms with Crippen LogP contribution in [0.3, 0.4) is 0 Å². The van der Waals surface area contributed by atoms with Crippen LogP contribution in [0.15, 0.2) is 18.2 Å². The fourth-order valence-electron chi connectivity index (χ4n) is 2.58. The lowest BCUT2D eigenvalue weighted by Gasteiger charge is -2.29. The predicted molar refractivity (Wildman–Crippen MR) is 79.7 cm³/mol. The van der Waals surface area contributed by atoms with Crippen LogP contribution in [-0.4, -0.2) is 25.5 Å². The van der Waals surface area contributed by atoms with Gasteiger partial charge in [-0.05, 0) is 38.0 Å². The number of sulfone groups is 1. The van der Waals surface area contributed by atoms with Crippen molar-refractivity contribution in [1.29, 1.82) is 0 Å². The SMILES string of the molecule is CC(NC1(C)CCS(=O)(=O)C1)c1ccc(Cl)cc1Cl. The first-order chi connectivity index (χ1) is 8.71. The summed E-state index contributed by atoms with van der Waals surface area (Å²) in [5.41, 5.74) is 0.540. The molecule has 1 fully saturated rings. The van der Waals surface area contributed by atoms with E-state index in [0.29, 0.717) is 16.5 Å². The second-order valence-corrected chi connectivity index (χ2v) is 8.46. The van der Waals surface area contributed by atoms with E-state index in [9.17, 15) is 8.42 Å². The number of halogens is 2. The highest BCUT2D eigenvalue weighted by Crippen LogP contribution is 2.30. The standard InChI is InChI=1S/C13H17Cl2NO2S/c1-9(11-4-3-10(14)7-12(11)15)16-13(2)5-6-19(17,18)8-13/h3-4,7,9,16H,5-6,8H2,1-2H3. The average Bonchev–Trinajstić information content (AvgIpc) is 2.52. The average molecular weight is 322 g/mol. The summed E-state index contributed by atoms with van der Waals surface area (Å²) >= 11 is 12.0. The van der Waals surface area contributed by atoms with E-state index in [1.165, 1.54) is 0 Å². The third kappa shape index (κ3) is 3.63. The molecule has 0 spiro atoms. The van der Waals surface area contributed by atoms with E-state index in [0.717, 1.165) is 5.56 Å². The Bertz CT molecular complexity index is 588. The van der Waals surface area contributed by atoms with Gasteiger partial charge in [-0.3, -0.25) is 0 Å². The van der Waals surface area contributed by atoms with Gasteiger partial charge in [0.25, 0.3) is 0 Å². The first-order valence-corrected chi connectivity index (χ1v) is 8.72. The zero-order chi connectivity index (χ0) is 14.3. The van der Waals surface area contributed by atoms with E-state index in [1.807, 2.05) is 19.9 Å². The Labute approximate surface area is 124 Å². The van der Waals surface area contributed by atoms with Crippen LogP contribution in [0.4, 0.5) is 0 Å². The van der Waals surface area contributed by atoms with E-state index in [-0.39, 0.29) is 23.1 Å². The molecule has 2 rings (SSSR count). The van der Waals surface area contributed by atoms with Gasteiger partial charge in [0.05, 0.1) is 11.5 Å². The summed E-state index contributed by atoms with van der Waals surface area (Å²) in [6.45, 7) is 3.92. The smallest absolute Gasteiger partial charge is 0.152 e. The first-order valence-electron chi connectivity index (χ1n) is 6.14. The number of nitrogens with one attached hydrogen (secondary N) is 1. The summed E-state index contributed by atoms with van der Waals surface area (Å²) in [6.07, 6.45) is 0.630. The van der Waals surface area contributed by atoms with Crippen LogP contribution < -0.4 is 5.32 Å². The Kier molecular flexibility index (Phi) is 4.17. The van der Waals surface area contributed by atoms with Crippen LogP contribution in [-0.2, 0) is 9.84 Å². The molecule has 0 saturated carbocycles. The molecular weight excluding hydrogens is 305 g/mol. The lowest BCUT2D eigenvalue weighted by Crippen LogP contribution is -2.44. The van der Waals surface area contributed by atoms with Gasteiger partial charge in [-0.15, -0.1) is 0 Å². The van der Waals surface area contributed by atoms with E-state index in [1.54, 1.807) is 12.1 Å². The van der Waals surface area contributed by atoms with Crippen molar-refractivity contribution in [2.75, 3.05) is 11.5 Å². The van der Waals surface area contributed by atoms with E-state index < -0.39 is 9.84 Å². The van der Waals surface area contributed by atoms with Crippen molar-refractivity contribution in [3.63, 3.8) is 0 Å². The lowest BCUT2D eigenvalue weighted by molar-refractivity contribution is 0.355. The third-order valence-electron chi connectivity index (χ3n) is 3.50. The molecule has 1 saturated heterocycles. The predicted octanol–water partition coefficient (Wildman–Crippen LogP) is 3.22. The molecular formula is C13H17Cl2NO2S. The molecule has 0 aliphatic carbocycles. The molecule has 0 bridgehead atoms. The van der Waals surface area contributed by atoms with Gasteiger partial charge in [-0.2, -0.15) is 0 Å². The van der Waals surface area contributed by atoms with Crippen molar-refractivity contribution in [3.05, 3.63) is 33.8 Å². The van der Waals surface area contributed by atoms with Gasteiger partial charge >= 0.3 is 0 Å². The van der Waals surface area contributed by atoms with Crippen molar-refractivity contribution < 1.29 is 8.42 Å². The summed E-state index contributed by atoms with van der Waals surface area (Å²) in [5.74, 6) is 0.424. The van der Waals surface area contributed by atoms with E-state index >= 15 is 0 Å². The molecule has 1 aromatic rings. The minimum atomic E-state index is -2.92. The fourth-order valence-corrected chi connectivity index (χ4v) is 5.25. The molecule has 1 heterocycles. The van der Waals surface area contributed by atoms with E-state index in [2.05, 4.69) is 5.32 Å².